The van der Waals surface area contributed by atoms with Gasteiger partial charge in [0.2, 0.25) is 5.95 Å². The smallest absolute Gasteiger partial charge is 0.310 e. The van der Waals surface area contributed by atoms with E-state index >= 15 is 0 Å². The molecule has 1 aromatic heterocycles. The summed E-state index contributed by atoms with van der Waals surface area (Å²) in [6, 6.07) is 4.98. The molecule has 33 heavy (non-hydrogen) atoms. The van der Waals surface area contributed by atoms with Crippen molar-refractivity contribution in [3.8, 4) is 17.0 Å². The molecule has 180 valence electrons. The van der Waals surface area contributed by atoms with Crippen LogP contribution in [-0.4, -0.2) is 23.3 Å². The quantitative estimate of drug-likeness (QED) is 0.407. The van der Waals surface area contributed by atoms with Gasteiger partial charge in [-0.25, -0.2) is 23.5 Å². The second-order valence-electron chi connectivity index (χ2n) is 7.03. The molecule has 2 aromatic carbocycles. The lowest BCUT2D eigenvalue weighted by atomic mass is 10.1. The third kappa shape index (κ3) is 6.13. The van der Waals surface area contributed by atoms with Crippen LogP contribution in [0, 0.1) is 11.6 Å². The molecule has 0 saturated carbocycles. The van der Waals surface area contributed by atoms with Crippen molar-refractivity contribution in [3.05, 3.63) is 59.8 Å². The second kappa shape index (κ2) is 7.87. The van der Waals surface area contributed by atoms with Crippen LogP contribution in [0.5, 0.6) is 5.75 Å². The largest absolute Gasteiger partial charge is 0.496 e. The van der Waals surface area contributed by atoms with Gasteiger partial charge in [0.15, 0.2) is 5.82 Å². The van der Waals surface area contributed by atoms with Crippen LogP contribution in [0.1, 0.15) is 5.56 Å². The molecule has 0 aliphatic heterocycles. The number of hydrogen-bond acceptors (Lipinski definition) is 4. The highest BCUT2D eigenvalue weighted by molar-refractivity contribution is 8.45. The summed E-state index contributed by atoms with van der Waals surface area (Å²) in [6.07, 6.45) is 2.26. The van der Waals surface area contributed by atoms with Crippen LogP contribution in [0.3, 0.4) is 0 Å². The van der Waals surface area contributed by atoms with Gasteiger partial charge in [-0.1, -0.05) is 19.4 Å². The zero-order valence-corrected chi connectivity index (χ0v) is 18.7. The Morgan fingerprint density at radius 1 is 1.06 bits per heavy atom. The van der Waals surface area contributed by atoms with Crippen LogP contribution in [0.2, 0.25) is 0 Å². The average Bonchev–Trinajstić information content (AvgIpc) is 2.67. The maximum atomic E-state index is 14.4. The summed E-state index contributed by atoms with van der Waals surface area (Å²) in [4.78, 5) is 5.46. The fourth-order valence-corrected chi connectivity index (χ4v) is 4.32. The van der Waals surface area contributed by atoms with Gasteiger partial charge in [0, 0.05) is 34.3 Å². The third-order valence-electron chi connectivity index (χ3n) is 4.23. The highest BCUT2D eigenvalue weighted by Crippen LogP contribution is 3.02. The first kappa shape index (κ1) is 24.8. The number of anilines is 2. The zero-order chi connectivity index (χ0) is 24.7. The maximum Gasteiger partial charge on any atom is 0.310 e. The summed E-state index contributed by atoms with van der Waals surface area (Å²) < 4.78 is 106. The molecule has 3 aromatic rings. The third-order valence-corrected chi connectivity index (χ3v) is 6.14. The van der Waals surface area contributed by atoms with E-state index in [1.54, 1.807) is 0 Å². The van der Waals surface area contributed by atoms with Crippen molar-refractivity contribution in [2.45, 2.75) is 10.6 Å². The predicted molar refractivity (Wildman–Crippen MR) is 114 cm³/mol. The minimum absolute atomic E-state index is 0.0430. The molecule has 0 spiro atoms. The number of halogens is 7. The van der Waals surface area contributed by atoms with Crippen molar-refractivity contribution in [1.29, 1.82) is 0 Å². The van der Waals surface area contributed by atoms with E-state index in [4.69, 9.17) is 9.52 Å². The minimum atomic E-state index is -10.0. The van der Waals surface area contributed by atoms with E-state index in [0.29, 0.717) is 6.07 Å². The highest BCUT2D eigenvalue weighted by Gasteiger charge is 2.65. The van der Waals surface area contributed by atoms with Crippen molar-refractivity contribution >= 4 is 32.6 Å². The molecular weight excluding hydrogens is 497 g/mol. The van der Waals surface area contributed by atoms with Gasteiger partial charge in [0.05, 0.1) is 19.1 Å². The molecule has 0 amide bonds. The van der Waals surface area contributed by atoms with Gasteiger partial charge >= 0.3 is 10.2 Å². The summed E-state index contributed by atoms with van der Waals surface area (Å²) in [5.41, 5.74) is -0.782. The topological polar surface area (TPSA) is 72.6 Å². The Kier molecular flexibility index (Phi) is 5.90. The van der Waals surface area contributed by atoms with E-state index in [1.807, 2.05) is 0 Å². The molecule has 3 N–H and O–H groups in total. The predicted octanol–water partition coefficient (Wildman–Crippen LogP) is 5.52. The average molecular weight is 516 g/mol. The Morgan fingerprint density at radius 2 is 1.76 bits per heavy atom. The molecule has 5 nitrogen and oxygen atoms in total. The number of methoxy groups -OCH3 is 1. The molecule has 0 fully saturated rings. The Bertz CT molecular complexity index is 1250. The summed E-state index contributed by atoms with van der Waals surface area (Å²) in [5, 5.41) is 2.39. The van der Waals surface area contributed by atoms with Crippen molar-refractivity contribution in [3.63, 3.8) is 0 Å². The maximum absolute atomic E-state index is 14.4. The molecule has 1 unspecified atom stereocenters. The van der Waals surface area contributed by atoms with Gasteiger partial charge in [0.25, 0.3) is 0 Å². The molecule has 0 aliphatic rings. The summed E-state index contributed by atoms with van der Waals surface area (Å²) >= 11 is 0. The molecule has 1 heterocycles. The highest BCUT2D eigenvalue weighted by atomic mass is 32.5. The molecule has 14 heteroatoms. The monoisotopic (exact) mass is 515 g/mol. The van der Waals surface area contributed by atoms with Gasteiger partial charge in [-0.15, -0.1) is 0 Å². The van der Waals surface area contributed by atoms with Crippen LogP contribution in [0.25, 0.3) is 11.3 Å². The first-order valence-electron chi connectivity index (χ1n) is 8.94. The normalized spacial score (nSPS) is 14.8. The number of nitrogens with one attached hydrogen (secondary N) is 1. The lowest BCUT2D eigenvalue weighted by Gasteiger charge is -2.41. The summed E-state index contributed by atoms with van der Waals surface area (Å²) in [7, 11) is -9.66. The van der Waals surface area contributed by atoms with Gasteiger partial charge < -0.3 is 10.1 Å². The lowest BCUT2D eigenvalue weighted by molar-refractivity contribution is -0.0751. The first-order valence-corrected chi connectivity index (χ1v) is 12.8. The Labute approximate surface area is 186 Å². The Balaban J connectivity index is 2.09. The van der Waals surface area contributed by atoms with Gasteiger partial charge in [-0.3, -0.25) is 0 Å². The molecule has 0 radical (unpaired) electrons. The van der Waals surface area contributed by atoms with Crippen molar-refractivity contribution < 1.29 is 37.7 Å². The molecule has 0 bridgehead atoms. The van der Waals surface area contributed by atoms with E-state index in [-0.39, 0.29) is 40.3 Å². The molecule has 0 aliphatic carbocycles. The van der Waals surface area contributed by atoms with E-state index in [2.05, 4.69) is 15.3 Å². The lowest BCUT2D eigenvalue weighted by Crippen LogP contribution is -2.34. The van der Waals surface area contributed by atoms with E-state index in [0.717, 1.165) is 18.3 Å². The van der Waals surface area contributed by atoms with Crippen LogP contribution >= 0.6 is 10.2 Å². The SMILES string of the molecule is COc1cc(F)ccc1-c1nc(Nc2cc(CS(C)=[NH2+])cc(S(F)(F)(F)(F)F)c2)ncc1F. The van der Waals surface area contributed by atoms with Crippen molar-refractivity contribution in [2.24, 2.45) is 0 Å². The van der Waals surface area contributed by atoms with E-state index < -0.39 is 43.1 Å². The number of nitrogens with two attached hydrogens (primary N) is 1. The fourth-order valence-electron chi connectivity index (χ4n) is 2.91. The van der Waals surface area contributed by atoms with Gasteiger partial charge in [0.1, 0.15) is 22.2 Å². The van der Waals surface area contributed by atoms with Gasteiger partial charge in [-0.2, -0.15) is 0 Å². The van der Waals surface area contributed by atoms with Crippen LogP contribution in [0.15, 0.2) is 47.5 Å². The molecule has 1 atom stereocenters. The number of nitrogens with zero attached hydrogens (tertiary/aromatic N) is 2. The molecule has 0 saturated heterocycles. The number of rotatable bonds is 7. The van der Waals surface area contributed by atoms with Crippen molar-refractivity contribution in [2.75, 3.05) is 18.7 Å². The van der Waals surface area contributed by atoms with Crippen molar-refractivity contribution in [1.82, 2.24) is 9.97 Å². The first-order chi connectivity index (χ1) is 15.1. The summed E-state index contributed by atoms with van der Waals surface area (Å²) in [6.45, 7) is 0. The standard InChI is InChI=1S/C19H17F7N4OS2/c1-31-17-7-12(20)3-4-15(17)18-16(21)9-28-19(30-18)29-13-5-11(10-32(2)27)6-14(8-13)33(22,23,24,25)26/h3-9,27H,10H2,1-2H3,(H,28,29,30)/p+1. The Morgan fingerprint density at radius 3 is 2.36 bits per heavy atom. The van der Waals surface area contributed by atoms with Crippen LogP contribution < -0.4 is 14.8 Å². The Hall–Kier alpha value is -2.87. The number of hydrogen-bond donors (Lipinski definition) is 2. The molecular formula is C19H18F7N4OS2+. The fraction of sp³-hybridized carbons (Fsp3) is 0.158. The second-order valence-corrected chi connectivity index (χ2v) is 11.1. The molecule has 3 rings (SSSR count). The number of aromatic nitrogens is 2. The number of ether oxygens (including phenoxy) is 1. The van der Waals surface area contributed by atoms with Crippen LogP contribution in [-0.2, 0) is 16.4 Å². The van der Waals surface area contributed by atoms with E-state index in [1.165, 1.54) is 25.5 Å². The minimum Gasteiger partial charge on any atom is -0.496 e. The van der Waals surface area contributed by atoms with Crippen LogP contribution in [0.4, 0.5) is 39.8 Å². The number of benzene rings is 2. The summed E-state index contributed by atoms with van der Waals surface area (Å²) in [5.74, 6) is -2.10. The van der Waals surface area contributed by atoms with E-state index in [9.17, 15) is 28.2 Å². The zero-order valence-electron chi connectivity index (χ0n) is 17.1. The van der Waals surface area contributed by atoms with Gasteiger partial charge in [-0.05, 0) is 35.9 Å².